The largest absolute Gasteiger partial charge is 0.573 e. The third kappa shape index (κ3) is 3.52. The van der Waals surface area contributed by atoms with Crippen LogP contribution in [0.2, 0.25) is 0 Å². The minimum Gasteiger partial charge on any atom is -0.406 e. The van der Waals surface area contributed by atoms with Crippen molar-refractivity contribution in [3.8, 4) is 5.75 Å². The molecule has 6 heteroatoms. The first-order valence-electron chi connectivity index (χ1n) is 3.42. The summed E-state index contributed by atoms with van der Waals surface area (Å²) in [5.41, 5.74) is 0.149. The molecule has 0 saturated heterocycles. The van der Waals surface area contributed by atoms with E-state index in [9.17, 15) is 18.0 Å². The van der Waals surface area contributed by atoms with E-state index in [1.54, 1.807) is 22.6 Å². The zero-order valence-electron chi connectivity index (χ0n) is 6.64. The molecule has 14 heavy (non-hydrogen) atoms. The molecule has 0 N–H and O–H groups in total. The van der Waals surface area contributed by atoms with Gasteiger partial charge >= 0.3 is 6.36 Å². The van der Waals surface area contributed by atoms with E-state index in [-0.39, 0.29) is 11.3 Å². The highest BCUT2D eigenvalue weighted by Crippen LogP contribution is 2.25. The van der Waals surface area contributed by atoms with Gasteiger partial charge in [0.05, 0.1) is 0 Å². The van der Waals surface area contributed by atoms with Crippen LogP contribution in [0.3, 0.4) is 0 Å². The lowest BCUT2D eigenvalue weighted by atomic mass is 10.2. The number of carbonyl (C=O) groups excluding carboxylic acids is 1. The highest BCUT2D eigenvalue weighted by molar-refractivity contribution is 14.1. The summed E-state index contributed by atoms with van der Waals surface area (Å²) in [6.45, 7) is 0. The maximum Gasteiger partial charge on any atom is 0.573 e. The summed E-state index contributed by atoms with van der Waals surface area (Å²) in [7, 11) is 0. The maximum atomic E-state index is 11.8. The van der Waals surface area contributed by atoms with E-state index in [1.807, 2.05) is 0 Å². The Morgan fingerprint density at radius 1 is 1.29 bits per heavy atom. The second-order valence-electron chi connectivity index (χ2n) is 2.39. The number of rotatable bonds is 2. The second kappa shape index (κ2) is 4.16. The second-order valence-corrected chi connectivity index (χ2v) is 3.63. The molecule has 1 aromatic carbocycles. The molecule has 0 saturated carbocycles. The molecular weight excluding hydrogens is 312 g/mol. The van der Waals surface area contributed by atoms with Gasteiger partial charge in [0, 0.05) is 9.13 Å². The molecule has 0 aliphatic carbocycles. The van der Waals surface area contributed by atoms with Gasteiger partial charge in [-0.15, -0.1) is 13.2 Å². The highest BCUT2D eigenvalue weighted by atomic mass is 127. The minimum atomic E-state index is -4.73. The molecule has 0 spiro atoms. The van der Waals surface area contributed by atoms with Gasteiger partial charge in [-0.1, -0.05) is 0 Å². The van der Waals surface area contributed by atoms with Crippen LogP contribution in [0.5, 0.6) is 5.75 Å². The molecule has 2 nitrogen and oxygen atoms in total. The first-order chi connectivity index (χ1) is 6.40. The Hall–Kier alpha value is -0.790. The molecule has 0 radical (unpaired) electrons. The lowest BCUT2D eigenvalue weighted by Gasteiger charge is -2.09. The molecule has 0 aliphatic heterocycles. The molecule has 0 heterocycles. The van der Waals surface area contributed by atoms with Crippen molar-refractivity contribution in [2.75, 3.05) is 0 Å². The number of halogens is 4. The minimum absolute atomic E-state index is 0.149. The van der Waals surface area contributed by atoms with Crippen LogP contribution in [-0.2, 0) is 0 Å². The highest BCUT2D eigenvalue weighted by Gasteiger charge is 2.31. The topological polar surface area (TPSA) is 26.3 Å². The van der Waals surface area contributed by atoms with Crippen LogP contribution in [0.25, 0.3) is 0 Å². The van der Waals surface area contributed by atoms with Gasteiger partial charge in [0.2, 0.25) is 0 Å². The van der Waals surface area contributed by atoms with Gasteiger partial charge in [0.1, 0.15) is 12.0 Å². The van der Waals surface area contributed by atoms with Gasteiger partial charge < -0.3 is 4.74 Å². The number of carbonyl (C=O) groups is 1. The molecule has 0 amide bonds. The average molecular weight is 316 g/mol. The smallest absolute Gasteiger partial charge is 0.406 e. The van der Waals surface area contributed by atoms with Gasteiger partial charge in [-0.05, 0) is 40.8 Å². The van der Waals surface area contributed by atoms with Crippen molar-refractivity contribution in [1.82, 2.24) is 0 Å². The Kier molecular flexibility index (Phi) is 3.35. The van der Waals surface area contributed by atoms with Crippen molar-refractivity contribution in [3.05, 3.63) is 27.3 Å². The van der Waals surface area contributed by atoms with Crippen LogP contribution in [0.4, 0.5) is 13.2 Å². The lowest BCUT2D eigenvalue weighted by Crippen LogP contribution is -2.17. The van der Waals surface area contributed by atoms with Crippen LogP contribution >= 0.6 is 22.6 Å². The van der Waals surface area contributed by atoms with Crippen molar-refractivity contribution in [2.45, 2.75) is 6.36 Å². The molecule has 0 bridgehead atoms. The molecule has 0 aromatic heterocycles. The monoisotopic (exact) mass is 316 g/mol. The van der Waals surface area contributed by atoms with E-state index >= 15 is 0 Å². The van der Waals surface area contributed by atoms with E-state index in [4.69, 9.17) is 0 Å². The summed E-state index contributed by atoms with van der Waals surface area (Å²) < 4.78 is 39.6. The third-order valence-electron chi connectivity index (χ3n) is 1.26. The van der Waals surface area contributed by atoms with Crippen molar-refractivity contribution < 1.29 is 22.7 Å². The van der Waals surface area contributed by atoms with Crippen molar-refractivity contribution in [2.24, 2.45) is 0 Å². The summed E-state index contributed by atoms with van der Waals surface area (Å²) >= 11 is 1.80. The summed E-state index contributed by atoms with van der Waals surface area (Å²) in [6, 6.07) is 3.68. The number of alkyl halides is 3. The van der Waals surface area contributed by atoms with Gasteiger partial charge in [-0.3, -0.25) is 4.79 Å². The molecule has 0 atom stereocenters. The van der Waals surface area contributed by atoms with E-state index in [1.165, 1.54) is 12.1 Å². The van der Waals surface area contributed by atoms with Gasteiger partial charge in [0.15, 0.2) is 0 Å². The normalized spacial score (nSPS) is 11.1. The van der Waals surface area contributed by atoms with Gasteiger partial charge in [-0.2, -0.15) is 0 Å². The predicted molar refractivity (Wildman–Crippen MR) is 51.2 cm³/mol. The van der Waals surface area contributed by atoms with Crippen LogP contribution in [0.1, 0.15) is 10.4 Å². The van der Waals surface area contributed by atoms with Gasteiger partial charge in [0.25, 0.3) is 0 Å². The Bertz CT molecular complexity index is 349. The van der Waals surface area contributed by atoms with Crippen LogP contribution in [0, 0.1) is 3.57 Å². The third-order valence-corrected chi connectivity index (χ3v) is 1.89. The molecule has 0 aliphatic rings. The number of aldehydes is 1. The summed E-state index contributed by atoms with van der Waals surface area (Å²) in [5.74, 6) is -0.383. The predicted octanol–water partition coefficient (Wildman–Crippen LogP) is 3.00. The number of ether oxygens (including phenoxy) is 1. The lowest BCUT2D eigenvalue weighted by molar-refractivity contribution is -0.274. The van der Waals surface area contributed by atoms with E-state index in [2.05, 4.69) is 4.74 Å². The maximum absolute atomic E-state index is 11.8. The molecular formula is C8H4F3IO2. The molecule has 1 aromatic rings. The van der Waals surface area contributed by atoms with E-state index < -0.39 is 6.36 Å². The SMILES string of the molecule is O=Cc1cc(I)cc(OC(F)(F)F)c1. The standard InChI is InChI=1S/C8H4F3IO2/c9-8(10,11)14-7-2-5(4-13)1-6(12)3-7/h1-4H. The summed E-state index contributed by atoms with van der Waals surface area (Å²) in [6.07, 6.45) is -4.27. The first kappa shape index (κ1) is 11.3. The quantitative estimate of drug-likeness (QED) is 0.619. The van der Waals surface area contributed by atoms with Crippen molar-refractivity contribution in [1.29, 1.82) is 0 Å². The zero-order valence-corrected chi connectivity index (χ0v) is 8.80. The fraction of sp³-hybridized carbons (Fsp3) is 0.125. The molecule has 0 fully saturated rings. The van der Waals surface area contributed by atoms with Crippen molar-refractivity contribution >= 4 is 28.9 Å². The molecule has 1 rings (SSSR count). The Labute approximate surface area is 91.2 Å². The van der Waals surface area contributed by atoms with E-state index in [0.29, 0.717) is 9.86 Å². The molecule has 76 valence electrons. The Morgan fingerprint density at radius 3 is 2.43 bits per heavy atom. The summed E-state index contributed by atoms with van der Waals surface area (Å²) in [4.78, 5) is 10.3. The zero-order chi connectivity index (χ0) is 10.8. The van der Waals surface area contributed by atoms with Crippen LogP contribution in [0.15, 0.2) is 18.2 Å². The summed E-state index contributed by atoms with van der Waals surface area (Å²) in [5, 5.41) is 0. The molecule has 0 unspecified atom stereocenters. The first-order valence-corrected chi connectivity index (χ1v) is 4.50. The number of benzene rings is 1. The van der Waals surface area contributed by atoms with E-state index in [0.717, 1.165) is 6.07 Å². The van der Waals surface area contributed by atoms with Gasteiger partial charge in [-0.25, -0.2) is 0 Å². The Balaban J connectivity index is 2.98. The van der Waals surface area contributed by atoms with Crippen LogP contribution in [-0.4, -0.2) is 12.6 Å². The van der Waals surface area contributed by atoms with Crippen molar-refractivity contribution in [3.63, 3.8) is 0 Å². The van der Waals surface area contributed by atoms with Crippen LogP contribution < -0.4 is 4.74 Å². The number of hydrogen-bond donors (Lipinski definition) is 0. The fourth-order valence-electron chi connectivity index (χ4n) is 0.845. The fourth-order valence-corrected chi connectivity index (χ4v) is 1.51. The number of hydrogen-bond acceptors (Lipinski definition) is 2. The average Bonchev–Trinajstić information content (AvgIpc) is 1.99. The Morgan fingerprint density at radius 2 is 1.93 bits per heavy atom.